The number of carbonyl (C=O) groups is 3. The number of esters is 1. The summed E-state index contributed by atoms with van der Waals surface area (Å²) in [7, 11) is 1.22. The summed E-state index contributed by atoms with van der Waals surface area (Å²) >= 11 is 7.42. The maximum atomic E-state index is 12.3. The van der Waals surface area contributed by atoms with Crippen molar-refractivity contribution in [2.75, 3.05) is 19.5 Å². The molecule has 2 heterocycles. The monoisotopic (exact) mass is 382 g/mol. The Morgan fingerprint density at radius 2 is 2.08 bits per heavy atom. The van der Waals surface area contributed by atoms with Crippen LogP contribution in [0.1, 0.15) is 0 Å². The van der Waals surface area contributed by atoms with Crippen LogP contribution in [0.3, 0.4) is 0 Å². The predicted molar refractivity (Wildman–Crippen MR) is 91.9 cm³/mol. The van der Waals surface area contributed by atoms with Gasteiger partial charge in [0.05, 0.1) is 12.1 Å². The third-order valence-electron chi connectivity index (χ3n) is 3.73. The molecule has 1 aromatic rings. The van der Waals surface area contributed by atoms with Crippen molar-refractivity contribution in [2.45, 2.75) is 11.4 Å². The SMILES string of the molecule is COC(=O)C1=C(Cl)CS[C@H]2[C@H](NC(=O)COc3ccccc3)C(=O)N12. The molecule has 0 radical (unpaired) electrons. The van der Waals surface area contributed by atoms with Gasteiger partial charge in [0.2, 0.25) is 0 Å². The summed E-state index contributed by atoms with van der Waals surface area (Å²) in [5.41, 5.74) is 0.0453. The molecule has 7 nitrogen and oxygen atoms in total. The molecule has 0 saturated carbocycles. The lowest BCUT2D eigenvalue weighted by atomic mass is 10.1. The zero-order valence-electron chi connectivity index (χ0n) is 13.2. The number of para-hydroxylation sites is 1. The van der Waals surface area contributed by atoms with Crippen LogP contribution >= 0.6 is 23.4 Å². The van der Waals surface area contributed by atoms with Crippen molar-refractivity contribution in [3.05, 3.63) is 41.1 Å². The number of hydrogen-bond acceptors (Lipinski definition) is 6. The van der Waals surface area contributed by atoms with Crippen LogP contribution in [0.5, 0.6) is 5.75 Å². The van der Waals surface area contributed by atoms with Gasteiger partial charge in [-0.3, -0.25) is 14.5 Å². The first-order valence-corrected chi connectivity index (χ1v) is 8.84. The van der Waals surface area contributed by atoms with Gasteiger partial charge in [-0.15, -0.1) is 11.8 Å². The molecule has 1 fully saturated rings. The highest BCUT2D eigenvalue weighted by molar-refractivity contribution is 8.00. The van der Waals surface area contributed by atoms with Gasteiger partial charge in [0.1, 0.15) is 22.9 Å². The molecule has 132 valence electrons. The zero-order valence-corrected chi connectivity index (χ0v) is 14.8. The second kappa shape index (κ2) is 7.37. The Labute approximate surface area is 153 Å². The Hall–Kier alpha value is -2.19. The van der Waals surface area contributed by atoms with Crippen LogP contribution in [0, 0.1) is 0 Å². The molecule has 0 aliphatic carbocycles. The summed E-state index contributed by atoms with van der Waals surface area (Å²) in [5, 5.41) is 2.51. The first-order valence-electron chi connectivity index (χ1n) is 7.41. The standard InChI is InChI=1S/C16H15ClN2O5S/c1-23-16(22)13-10(17)8-25-15-12(14(21)19(13)15)18-11(20)7-24-9-5-3-2-4-6-9/h2-6,12,15H,7-8H2,1H3,(H,18,20)/t12-,15+/m1/s1. The molecular weight excluding hydrogens is 368 g/mol. The molecule has 1 saturated heterocycles. The van der Waals surface area contributed by atoms with Gasteiger partial charge in [-0.2, -0.15) is 0 Å². The normalized spacial score (nSPS) is 22.0. The van der Waals surface area contributed by atoms with Gasteiger partial charge >= 0.3 is 5.97 Å². The molecule has 25 heavy (non-hydrogen) atoms. The van der Waals surface area contributed by atoms with E-state index < -0.39 is 23.8 Å². The molecule has 0 aromatic heterocycles. The van der Waals surface area contributed by atoms with E-state index in [1.807, 2.05) is 6.07 Å². The highest BCUT2D eigenvalue weighted by Crippen LogP contribution is 2.41. The van der Waals surface area contributed by atoms with E-state index in [2.05, 4.69) is 10.1 Å². The minimum Gasteiger partial charge on any atom is -0.484 e. The average Bonchev–Trinajstić information content (AvgIpc) is 2.64. The largest absolute Gasteiger partial charge is 0.484 e. The maximum absolute atomic E-state index is 12.3. The predicted octanol–water partition coefficient (Wildman–Crippen LogP) is 1.09. The van der Waals surface area contributed by atoms with Crippen LogP contribution in [-0.4, -0.2) is 53.6 Å². The van der Waals surface area contributed by atoms with Crippen molar-refractivity contribution >= 4 is 41.1 Å². The van der Waals surface area contributed by atoms with Gasteiger partial charge in [-0.1, -0.05) is 29.8 Å². The van der Waals surface area contributed by atoms with E-state index in [-0.39, 0.29) is 22.7 Å². The fraction of sp³-hybridized carbons (Fsp3) is 0.312. The molecule has 2 aliphatic heterocycles. The van der Waals surface area contributed by atoms with Crippen molar-refractivity contribution < 1.29 is 23.9 Å². The van der Waals surface area contributed by atoms with Crippen LogP contribution < -0.4 is 10.1 Å². The van der Waals surface area contributed by atoms with E-state index >= 15 is 0 Å². The number of nitrogens with zero attached hydrogens (tertiary/aromatic N) is 1. The number of hydrogen-bond donors (Lipinski definition) is 1. The number of nitrogens with one attached hydrogen (secondary N) is 1. The van der Waals surface area contributed by atoms with Crippen molar-refractivity contribution in [3.8, 4) is 5.75 Å². The van der Waals surface area contributed by atoms with Gasteiger partial charge in [0.25, 0.3) is 11.8 Å². The van der Waals surface area contributed by atoms with E-state index in [0.29, 0.717) is 11.5 Å². The van der Waals surface area contributed by atoms with Crippen molar-refractivity contribution in [2.24, 2.45) is 0 Å². The first-order chi connectivity index (χ1) is 12.0. The number of methoxy groups -OCH3 is 1. The fourth-order valence-electron chi connectivity index (χ4n) is 2.55. The highest BCUT2D eigenvalue weighted by atomic mass is 35.5. The Morgan fingerprint density at radius 1 is 1.36 bits per heavy atom. The lowest BCUT2D eigenvalue weighted by Crippen LogP contribution is -2.70. The number of halogens is 1. The number of amides is 2. The van der Waals surface area contributed by atoms with E-state index in [9.17, 15) is 14.4 Å². The minimum absolute atomic E-state index is 0.0453. The van der Waals surface area contributed by atoms with Gasteiger partial charge in [-0.25, -0.2) is 4.79 Å². The number of β-lactam (4-membered cyclic amide) rings is 1. The fourth-order valence-corrected chi connectivity index (χ4v) is 4.10. The molecule has 0 spiro atoms. The molecule has 1 N–H and O–H groups in total. The molecule has 2 amide bonds. The zero-order chi connectivity index (χ0) is 18.0. The maximum Gasteiger partial charge on any atom is 0.356 e. The van der Waals surface area contributed by atoms with Crippen LogP contribution in [-0.2, 0) is 19.1 Å². The molecule has 0 bridgehead atoms. The average molecular weight is 383 g/mol. The lowest BCUT2D eigenvalue weighted by Gasteiger charge is -2.48. The third-order valence-corrected chi connectivity index (χ3v) is 5.48. The molecule has 0 unspecified atom stereocenters. The summed E-state index contributed by atoms with van der Waals surface area (Å²) in [6, 6.07) is 8.17. The van der Waals surface area contributed by atoms with Crippen LogP contribution in [0.15, 0.2) is 41.1 Å². The molecule has 9 heteroatoms. The highest BCUT2D eigenvalue weighted by Gasteiger charge is 2.54. The van der Waals surface area contributed by atoms with E-state index in [4.69, 9.17) is 16.3 Å². The Morgan fingerprint density at radius 3 is 2.76 bits per heavy atom. The molecule has 3 rings (SSSR count). The molecule has 2 atom stereocenters. The second-order valence-electron chi connectivity index (χ2n) is 5.30. The number of carbonyl (C=O) groups excluding carboxylic acids is 3. The number of fused-ring (bicyclic) bond motifs is 1. The van der Waals surface area contributed by atoms with Crippen LogP contribution in [0.4, 0.5) is 0 Å². The number of rotatable bonds is 5. The van der Waals surface area contributed by atoms with Crippen molar-refractivity contribution in [1.82, 2.24) is 10.2 Å². The van der Waals surface area contributed by atoms with Gasteiger partial charge in [-0.05, 0) is 12.1 Å². The number of thioether (sulfide) groups is 1. The summed E-state index contributed by atoms with van der Waals surface area (Å²) in [6.07, 6.45) is 0. The van der Waals surface area contributed by atoms with Crippen molar-refractivity contribution in [3.63, 3.8) is 0 Å². The first kappa shape index (κ1) is 17.6. The number of benzene rings is 1. The van der Waals surface area contributed by atoms with E-state index in [0.717, 1.165) is 0 Å². The number of ether oxygens (including phenoxy) is 2. The topological polar surface area (TPSA) is 84.9 Å². The Balaban J connectivity index is 1.60. The van der Waals surface area contributed by atoms with E-state index in [1.165, 1.54) is 23.8 Å². The molecule has 1 aromatic carbocycles. The van der Waals surface area contributed by atoms with Crippen LogP contribution in [0.2, 0.25) is 0 Å². The van der Waals surface area contributed by atoms with Crippen molar-refractivity contribution in [1.29, 1.82) is 0 Å². The summed E-state index contributed by atoms with van der Waals surface area (Å²) in [4.78, 5) is 37.5. The molecular formula is C16H15ClN2O5S. The van der Waals surface area contributed by atoms with E-state index in [1.54, 1.807) is 24.3 Å². The summed E-state index contributed by atoms with van der Waals surface area (Å²) in [5.74, 6) is -0.547. The Kier molecular flexibility index (Phi) is 5.19. The lowest BCUT2D eigenvalue weighted by molar-refractivity contribution is -0.151. The van der Waals surface area contributed by atoms with Crippen LogP contribution in [0.25, 0.3) is 0 Å². The van der Waals surface area contributed by atoms with Gasteiger partial charge in [0, 0.05) is 5.75 Å². The molecule has 2 aliphatic rings. The second-order valence-corrected chi connectivity index (χ2v) is 6.86. The quantitative estimate of drug-likeness (QED) is 0.606. The third kappa shape index (κ3) is 3.45. The summed E-state index contributed by atoms with van der Waals surface area (Å²) in [6.45, 7) is -0.203. The minimum atomic E-state index is -0.721. The van der Waals surface area contributed by atoms with Gasteiger partial charge in [0.15, 0.2) is 6.61 Å². The smallest absolute Gasteiger partial charge is 0.356 e. The van der Waals surface area contributed by atoms with Gasteiger partial charge < -0.3 is 14.8 Å². The summed E-state index contributed by atoms with van der Waals surface area (Å²) < 4.78 is 10.0. The Bertz CT molecular complexity index is 739.